The zero-order valence-corrected chi connectivity index (χ0v) is 12.0. The molecule has 3 rings (SSSR count). The van der Waals surface area contributed by atoms with E-state index in [9.17, 15) is 4.79 Å². The summed E-state index contributed by atoms with van der Waals surface area (Å²) in [5.74, 6) is 2.23. The monoisotopic (exact) mass is 266 g/mol. The number of carbonyl (C=O) groups is 1. The van der Waals surface area contributed by atoms with Crippen molar-refractivity contribution in [3.63, 3.8) is 0 Å². The Balaban J connectivity index is 1.46. The number of hydrogen-bond donors (Lipinski definition) is 0. The number of fused-ring (bicyclic) bond motifs is 2. The average Bonchev–Trinajstić information content (AvgIpc) is 3.07. The minimum Gasteiger partial charge on any atom is -0.384 e. The van der Waals surface area contributed by atoms with Crippen LogP contribution >= 0.6 is 0 Å². The maximum absolute atomic E-state index is 11.9. The van der Waals surface area contributed by atoms with Crippen LogP contribution in [0, 0.1) is 11.8 Å². The number of rotatable bonds is 4. The molecule has 2 aliphatic carbocycles. The predicted octanol–water partition coefficient (Wildman–Crippen LogP) is 1.36. The predicted molar refractivity (Wildman–Crippen MR) is 73.9 cm³/mol. The van der Waals surface area contributed by atoms with Crippen molar-refractivity contribution in [3.8, 4) is 0 Å². The summed E-state index contributed by atoms with van der Waals surface area (Å²) in [5.41, 5.74) is 0. The molecule has 1 amide bonds. The summed E-state index contributed by atoms with van der Waals surface area (Å²) in [5, 5.41) is 0. The standard InChI is InChI=1S/C15H26N2O2/c1-19-9-4-15(18)17-7-5-16(6-8-17)14-11-12-2-3-13(14)10-12/h12-14H,2-11H2,1H3/t12-,13-,14+/m0/s1. The second-order valence-electron chi connectivity index (χ2n) is 6.40. The van der Waals surface area contributed by atoms with Crippen LogP contribution in [0.5, 0.6) is 0 Å². The molecule has 0 unspecified atom stereocenters. The van der Waals surface area contributed by atoms with Gasteiger partial charge < -0.3 is 9.64 Å². The molecule has 1 heterocycles. The fourth-order valence-corrected chi connectivity index (χ4v) is 4.31. The third-order valence-electron chi connectivity index (χ3n) is 5.36. The number of methoxy groups -OCH3 is 1. The van der Waals surface area contributed by atoms with E-state index in [-0.39, 0.29) is 5.91 Å². The van der Waals surface area contributed by atoms with E-state index < -0.39 is 0 Å². The van der Waals surface area contributed by atoms with E-state index in [2.05, 4.69) is 4.90 Å². The largest absolute Gasteiger partial charge is 0.384 e. The van der Waals surface area contributed by atoms with Gasteiger partial charge in [-0.05, 0) is 31.1 Å². The third kappa shape index (κ3) is 2.79. The van der Waals surface area contributed by atoms with Gasteiger partial charge in [-0.1, -0.05) is 6.42 Å². The first kappa shape index (κ1) is 13.4. The lowest BCUT2D eigenvalue weighted by Crippen LogP contribution is -2.53. The Bertz CT molecular complexity index is 326. The van der Waals surface area contributed by atoms with Gasteiger partial charge in [0.2, 0.25) is 5.91 Å². The van der Waals surface area contributed by atoms with Crippen molar-refractivity contribution < 1.29 is 9.53 Å². The van der Waals surface area contributed by atoms with E-state index in [1.54, 1.807) is 7.11 Å². The van der Waals surface area contributed by atoms with Crippen molar-refractivity contribution in [2.45, 2.75) is 38.1 Å². The molecule has 108 valence electrons. The van der Waals surface area contributed by atoms with E-state index >= 15 is 0 Å². The molecule has 1 saturated heterocycles. The molecule has 0 spiro atoms. The summed E-state index contributed by atoms with van der Waals surface area (Å²) in [6, 6.07) is 0.829. The Morgan fingerprint density at radius 3 is 2.53 bits per heavy atom. The van der Waals surface area contributed by atoms with Gasteiger partial charge in [-0.2, -0.15) is 0 Å². The first-order chi connectivity index (χ1) is 9.28. The van der Waals surface area contributed by atoms with Crippen LogP contribution in [0.1, 0.15) is 32.1 Å². The number of ether oxygens (including phenoxy) is 1. The second-order valence-corrected chi connectivity index (χ2v) is 6.40. The summed E-state index contributed by atoms with van der Waals surface area (Å²) in [6.45, 7) is 4.53. The van der Waals surface area contributed by atoms with Crippen molar-refractivity contribution in [1.29, 1.82) is 0 Å². The van der Waals surface area contributed by atoms with Crippen LogP contribution in [0.2, 0.25) is 0 Å². The smallest absolute Gasteiger partial charge is 0.224 e. The van der Waals surface area contributed by atoms with Gasteiger partial charge in [-0.3, -0.25) is 9.69 Å². The quantitative estimate of drug-likeness (QED) is 0.770. The normalized spacial score (nSPS) is 35.0. The molecule has 0 radical (unpaired) electrons. The van der Waals surface area contributed by atoms with E-state index in [4.69, 9.17) is 4.74 Å². The molecule has 0 aromatic rings. The van der Waals surface area contributed by atoms with Crippen LogP contribution in [0.4, 0.5) is 0 Å². The molecular weight excluding hydrogens is 240 g/mol. The van der Waals surface area contributed by atoms with Crippen molar-refractivity contribution >= 4 is 5.91 Å². The van der Waals surface area contributed by atoms with Crippen LogP contribution < -0.4 is 0 Å². The zero-order chi connectivity index (χ0) is 13.2. The van der Waals surface area contributed by atoms with Crippen LogP contribution in [0.15, 0.2) is 0 Å². The highest BCUT2D eigenvalue weighted by molar-refractivity contribution is 5.76. The molecule has 0 aromatic heterocycles. The molecule has 3 atom stereocenters. The maximum atomic E-state index is 11.9. The van der Waals surface area contributed by atoms with E-state index in [1.165, 1.54) is 25.7 Å². The lowest BCUT2D eigenvalue weighted by molar-refractivity contribution is -0.134. The number of amides is 1. The Morgan fingerprint density at radius 2 is 1.95 bits per heavy atom. The lowest BCUT2D eigenvalue weighted by Gasteiger charge is -2.41. The van der Waals surface area contributed by atoms with Gasteiger partial charge in [0.05, 0.1) is 13.0 Å². The summed E-state index contributed by atoms with van der Waals surface area (Å²) >= 11 is 0. The summed E-state index contributed by atoms with van der Waals surface area (Å²) < 4.78 is 4.98. The van der Waals surface area contributed by atoms with Gasteiger partial charge in [-0.25, -0.2) is 0 Å². The summed E-state index contributed by atoms with van der Waals surface area (Å²) in [6.07, 6.45) is 6.34. The molecular formula is C15H26N2O2. The first-order valence-corrected chi connectivity index (χ1v) is 7.78. The van der Waals surface area contributed by atoms with Crippen molar-refractivity contribution in [3.05, 3.63) is 0 Å². The van der Waals surface area contributed by atoms with Gasteiger partial charge in [0.1, 0.15) is 0 Å². The first-order valence-electron chi connectivity index (χ1n) is 7.78. The van der Waals surface area contributed by atoms with Gasteiger partial charge in [-0.15, -0.1) is 0 Å². The Labute approximate surface area is 116 Å². The molecule has 19 heavy (non-hydrogen) atoms. The molecule has 0 aromatic carbocycles. The van der Waals surface area contributed by atoms with Gasteiger partial charge >= 0.3 is 0 Å². The van der Waals surface area contributed by atoms with Crippen LogP contribution in [0.3, 0.4) is 0 Å². The number of hydrogen-bond acceptors (Lipinski definition) is 3. The van der Waals surface area contributed by atoms with Crippen LogP contribution in [0.25, 0.3) is 0 Å². The van der Waals surface area contributed by atoms with Crippen molar-refractivity contribution in [2.75, 3.05) is 39.9 Å². The van der Waals surface area contributed by atoms with E-state index in [0.29, 0.717) is 13.0 Å². The van der Waals surface area contributed by atoms with Crippen LogP contribution in [-0.2, 0) is 9.53 Å². The average molecular weight is 266 g/mol. The van der Waals surface area contributed by atoms with E-state index in [1.807, 2.05) is 4.90 Å². The minimum atomic E-state index is 0.259. The van der Waals surface area contributed by atoms with Gasteiger partial charge in [0.25, 0.3) is 0 Å². The fourth-order valence-electron chi connectivity index (χ4n) is 4.31. The maximum Gasteiger partial charge on any atom is 0.224 e. The molecule has 2 saturated carbocycles. The minimum absolute atomic E-state index is 0.259. The van der Waals surface area contributed by atoms with Crippen LogP contribution in [-0.4, -0.2) is 61.6 Å². The highest BCUT2D eigenvalue weighted by atomic mass is 16.5. The molecule has 3 fully saturated rings. The highest BCUT2D eigenvalue weighted by Gasteiger charge is 2.42. The summed E-state index contributed by atoms with van der Waals surface area (Å²) in [4.78, 5) is 16.6. The second kappa shape index (κ2) is 5.80. The zero-order valence-electron chi connectivity index (χ0n) is 12.0. The van der Waals surface area contributed by atoms with Crippen molar-refractivity contribution in [2.24, 2.45) is 11.8 Å². The summed E-state index contributed by atoms with van der Waals surface area (Å²) in [7, 11) is 1.65. The molecule has 4 nitrogen and oxygen atoms in total. The van der Waals surface area contributed by atoms with Gasteiger partial charge in [0.15, 0.2) is 0 Å². The Morgan fingerprint density at radius 1 is 1.16 bits per heavy atom. The number of carbonyl (C=O) groups excluding carboxylic acids is 1. The number of nitrogens with zero attached hydrogens (tertiary/aromatic N) is 2. The molecule has 4 heteroatoms. The molecule has 1 aliphatic heterocycles. The molecule has 3 aliphatic rings. The topological polar surface area (TPSA) is 32.8 Å². The molecule has 0 N–H and O–H groups in total. The van der Waals surface area contributed by atoms with Crippen molar-refractivity contribution in [1.82, 2.24) is 9.80 Å². The SMILES string of the molecule is COCCC(=O)N1CCN([C@@H]2C[C@H]3CC[C@H]2C3)CC1. The Kier molecular flexibility index (Phi) is 4.08. The number of piperazine rings is 1. The Hall–Kier alpha value is -0.610. The van der Waals surface area contributed by atoms with E-state index in [0.717, 1.165) is 44.1 Å². The molecule has 2 bridgehead atoms. The lowest BCUT2D eigenvalue weighted by atomic mass is 9.93. The van der Waals surface area contributed by atoms with Gasteiger partial charge in [0, 0.05) is 39.3 Å². The third-order valence-corrected chi connectivity index (χ3v) is 5.36. The fraction of sp³-hybridized carbons (Fsp3) is 0.933. The highest BCUT2D eigenvalue weighted by Crippen LogP contribution is 2.46.